The Hall–Kier alpha value is -1.62. The van der Waals surface area contributed by atoms with E-state index in [4.69, 9.17) is 27.9 Å². The van der Waals surface area contributed by atoms with E-state index in [0.717, 1.165) is 10.4 Å². The molecule has 0 atom stereocenters. The number of esters is 1. The normalized spacial score (nSPS) is 16.2. The average molecular weight is 338 g/mol. The van der Waals surface area contributed by atoms with Gasteiger partial charge in [-0.25, -0.2) is 9.79 Å². The van der Waals surface area contributed by atoms with E-state index in [1.54, 1.807) is 35.6 Å². The number of ether oxygens (including phenoxy) is 1. The Morgan fingerprint density at radius 3 is 2.76 bits per heavy atom. The maximum Gasteiger partial charge on any atom is 0.363 e. The predicted octanol–water partition coefficient (Wildman–Crippen LogP) is 4.71. The van der Waals surface area contributed by atoms with Crippen LogP contribution in [0, 0.1) is 6.92 Å². The van der Waals surface area contributed by atoms with E-state index < -0.39 is 5.97 Å². The first-order chi connectivity index (χ1) is 10.0. The molecule has 1 aromatic carbocycles. The summed E-state index contributed by atoms with van der Waals surface area (Å²) in [6.45, 7) is 1.98. The lowest BCUT2D eigenvalue weighted by molar-refractivity contribution is -0.129. The zero-order valence-electron chi connectivity index (χ0n) is 10.9. The molecule has 1 aromatic heterocycles. The van der Waals surface area contributed by atoms with Crippen LogP contribution in [0.5, 0.6) is 0 Å². The van der Waals surface area contributed by atoms with Crippen molar-refractivity contribution in [3.8, 4) is 0 Å². The van der Waals surface area contributed by atoms with Crippen LogP contribution in [0.25, 0.3) is 6.08 Å². The minimum Gasteiger partial charge on any atom is -0.402 e. The van der Waals surface area contributed by atoms with E-state index in [0.29, 0.717) is 15.6 Å². The van der Waals surface area contributed by atoms with Crippen molar-refractivity contribution in [2.45, 2.75) is 6.92 Å². The maximum atomic E-state index is 11.9. The zero-order chi connectivity index (χ0) is 15.0. The van der Waals surface area contributed by atoms with Gasteiger partial charge in [0.1, 0.15) is 0 Å². The fourth-order valence-electron chi connectivity index (χ4n) is 1.84. The lowest BCUT2D eigenvalue weighted by atomic mass is 10.2. The third-order valence-electron chi connectivity index (χ3n) is 2.95. The maximum absolute atomic E-state index is 11.9. The lowest BCUT2D eigenvalue weighted by Crippen LogP contribution is -2.05. The van der Waals surface area contributed by atoms with Crippen LogP contribution in [0.2, 0.25) is 10.0 Å². The standard InChI is InChI=1S/C15H9Cl2NO2S/c1-8-4-5-21-13(8)7-12-15(19)20-14(18-12)10-3-2-9(16)6-11(10)17/h2-7H,1H3/b12-7-. The second-order valence-electron chi connectivity index (χ2n) is 4.43. The molecule has 106 valence electrons. The molecule has 21 heavy (non-hydrogen) atoms. The molecule has 0 radical (unpaired) electrons. The van der Waals surface area contributed by atoms with Crippen molar-refractivity contribution in [3.63, 3.8) is 0 Å². The number of halogens is 2. The van der Waals surface area contributed by atoms with Crippen LogP contribution < -0.4 is 0 Å². The lowest BCUT2D eigenvalue weighted by Gasteiger charge is -2.02. The van der Waals surface area contributed by atoms with Crippen molar-refractivity contribution in [1.29, 1.82) is 0 Å². The van der Waals surface area contributed by atoms with Crippen molar-refractivity contribution in [3.05, 3.63) is 61.4 Å². The predicted molar refractivity (Wildman–Crippen MR) is 86.1 cm³/mol. The average Bonchev–Trinajstić information content (AvgIpc) is 2.98. The van der Waals surface area contributed by atoms with Crippen molar-refractivity contribution >= 4 is 52.5 Å². The molecule has 3 nitrogen and oxygen atoms in total. The first-order valence-corrected chi connectivity index (χ1v) is 7.70. The van der Waals surface area contributed by atoms with Gasteiger partial charge in [-0.05, 0) is 48.2 Å². The van der Waals surface area contributed by atoms with E-state index in [9.17, 15) is 4.79 Å². The van der Waals surface area contributed by atoms with Crippen LogP contribution in [0.15, 0.2) is 40.3 Å². The highest BCUT2D eigenvalue weighted by Crippen LogP contribution is 2.27. The highest BCUT2D eigenvalue weighted by Gasteiger charge is 2.25. The van der Waals surface area contributed by atoms with Crippen LogP contribution in [0.1, 0.15) is 16.0 Å². The summed E-state index contributed by atoms with van der Waals surface area (Å²) in [5.74, 6) is -0.286. The molecule has 0 saturated heterocycles. The van der Waals surface area contributed by atoms with Gasteiger partial charge < -0.3 is 4.74 Å². The quantitative estimate of drug-likeness (QED) is 0.588. The minimum atomic E-state index is -0.483. The van der Waals surface area contributed by atoms with Gasteiger partial charge in [-0.1, -0.05) is 23.2 Å². The van der Waals surface area contributed by atoms with Gasteiger partial charge >= 0.3 is 5.97 Å². The van der Waals surface area contributed by atoms with E-state index in [-0.39, 0.29) is 11.6 Å². The van der Waals surface area contributed by atoms with Gasteiger partial charge in [-0.15, -0.1) is 11.3 Å². The molecule has 0 fully saturated rings. The third-order valence-corrected chi connectivity index (χ3v) is 4.47. The number of cyclic esters (lactones) is 1. The van der Waals surface area contributed by atoms with E-state index in [1.165, 1.54) is 0 Å². The molecule has 2 heterocycles. The first kappa shape index (κ1) is 14.3. The highest BCUT2D eigenvalue weighted by atomic mass is 35.5. The number of hydrogen-bond acceptors (Lipinski definition) is 4. The van der Waals surface area contributed by atoms with Gasteiger partial charge in [0.15, 0.2) is 5.70 Å². The molecule has 2 aromatic rings. The number of aliphatic imine (C=N–C) groups is 1. The fourth-order valence-corrected chi connectivity index (χ4v) is 3.19. The molecule has 1 aliphatic rings. The van der Waals surface area contributed by atoms with Crippen LogP contribution in [0.3, 0.4) is 0 Å². The SMILES string of the molecule is Cc1ccsc1/C=C1\N=C(c2ccc(Cl)cc2Cl)OC1=O. The summed E-state index contributed by atoms with van der Waals surface area (Å²) in [6.07, 6.45) is 1.72. The summed E-state index contributed by atoms with van der Waals surface area (Å²) >= 11 is 13.5. The van der Waals surface area contributed by atoms with Crippen LogP contribution in [-0.4, -0.2) is 11.9 Å². The Morgan fingerprint density at radius 2 is 2.10 bits per heavy atom. The Bertz CT molecular complexity index is 793. The van der Waals surface area contributed by atoms with Gasteiger partial charge in [0.2, 0.25) is 5.90 Å². The number of nitrogens with zero attached hydrogens (tertiary/aromatic N) is 1. The van der Waals surface area contributed by atoms with Gasteiger partial charge in [0.25, 0.3) is 0 Å². The van der Waals surface area contributed by atoms with Gasteiger partial charge in [-0.2, -0.15) is 0 Å². The summed E-state index contributed by atoms with van der Waals surface area (Å²) in [7, 11) is 0. The van der Waals surface area contributed by atoms with Crippen molar-refractivity contribution < 1.29 is 9.53 Å². The number of carbonyl (C=O) groups excluding carboxylic acids is 1. The van der Waals surface area contributed by atoms with Crippen LogP contribution in [0.4, 0.5) is 0 Å². The summed E-state index contributed by atoms with van der Waals surface area (Å²) in [6, 6.07) is 6.92. The zero-order valence-corrected chi connectivity index (χ0v) is 13.2. The van der Waals surface area contributed by atoms with Crippen molar-refractivity contribution in [2.75, 3.05) is 0 Å². The molecule has 3 rings (SSSR count). The third kappa shape index (κ3) is 2.88. The molecule has 0 unspecified atom stereocenters. The second kappa shape index (κ2) is 5.64. The van der Waals surface area contributed by atoms with E-state index in [2.05, 4.69) is 4.99 Å². The summed E-state index contributed by atoms with van der Waals surface area (Å²) in [4.78, 5) is 17.1. The number of aryl methyl sites for hydroxylation is 1. The van der Waals surface area contributed by atoms with Crippen molar-refractivity contribution in [2.24, 2.45) is 4.99 Å². The Balaban J connectivity index is 1.99. The number of thiophene rings is 1. The molecular formula is C15H9Cl2NO2S. The Labute approximate surface area is 135 Å². The molecule has 0 amide bonds. The van der Waals surface area contributed by atoms with Crippen molar-refractivity contribution in [1.82, 2.24) is 0 Å². The largest absolute Gasteiger partial charge is 0.402 e. The van der Waals surface area contributed by atoms with Crippen LogP contribution >= 0.6 is 34.5 Å². The topological polar surface area (TPSA) is 38.7 Å². The molecule has 0 saturated carbocycles. The second-order valence-corrected chi connectivity index (χ2v) is 6.22. The summed E-state index contributed by atoms with van der Waals surface area (Å²) in [5.41, 5.74) is 1.90. The van der Waals surface area contributed by atoms with E-state index in [1.807, 2.05) is 18.4 Å². The van der Waals surface area contributed by atoms with Gasteiger partial charge in [-0.3, -0.25) is 0 Å². The number of carbonyl (C=O) groups is 1. The number of rotatable bonds is 2. The smallest absolute Gasteiger partial charge is 0.363 e. The first-order valence-electron chi connectivity index (χ1n) is 6.06. The fraction of sp³-hybridized carbons (Fsp3) is 0.0667. The molecule has 6 heteroatoms. The molecule has 1 aliphatic heterocycles. The number of hydrogen-bond donors (Lipinski definition) is 0. The summed E-state index contributed by atoms with van der Waals surface area (Å²) in [5, 5.41) is 2.86. The summed E-state index contributed by atoms with van der Waals surface area (Å²) < 4.78 is 5.19. The molecule has 0 N–H and O–H groups in total. The molecular weight excluding hydrogens is 329 g/mol. The number of benzene rings is 1. The van der Waals surface area contributed by atoms with Crippen LogP contribution in [-0.2, 0) is 9.53 Å². The Morgan fingerprint density at radius 1 is 1.29 bits per heavy atom. The molecule has 0 spiro atoms. The van der Waals surface area contributed by atoms with Gasteiger partial charge in [0, 0.05) is 9.90 Å². The molecule has 0 bridgehead atoms. The monoisotopic (exact) mass is 337 g/mol. The minimum absolute atomic E-state index is 0.196. The highest BCUT2D eigenvalue weighted by molar-refractivity contribution is 7.11. The Kier molecular flexibility index (Phi) is 3.85. The van der Waals surface area contributed by atoms with E-state index >= 15 is 0 Å². The molecule has 0 aliphatic carbocycles. The van der Waals surface area contributed by atoms with Gasteiger partial charge in [0.05, 0.1) is 10.6 Å².